The van der Waals surface area contributed by atoms with Gasteiger partial charge >= 0.3 is 5.97 Å². The van der Waals surface area contributed by atoms with E-state index >= 15 is 0 Å². The van der Waals surface area contributed by atoms with Crippen LogP contribution in [0.2, 0.25) is 0 Å². The number of nitrogens with zero attached hydrogens (tertiary/aromatic N) is 1. The van der Waals surface area contributed by atoms with Crippen LogP contribution in [-0.2, 0) is 0 Å². The number of carbonyl (C=O) groups excluding carboxylic acids is 1. The first kappa shape index (κ1) is 20.5. The second kappa shape index (κ2) is 9.19. The molecular weight excluding hydrogens is 394 g/mol. The van der Waals surface area contributed by atoms with Gasteiger partial charge < -0.3 is 14.4 Å². The molecule has 4 nitrogen and oxygen atoms in total. The third-order valence-corrected chi connectivity index (χ3v) is 4.71. The number of likely N-dealkylation sites (N-methyl/N-ethyl adjacent to an activating group) is 1. The molecule has 0 spiro atoms. The second-order valence-corrected chi connectivity index (χ2v) is 7.69. The summed E-state index contributed by atoms with van der Waals surface area (Å²) in [5.74, 6) is 1.29. The van der Waals surface area contributed by atoms with Gasteiger partial charge in [0.1, 0.15) is 18.1 Å². The van der Waals surface area contributed by atoms with E-state index in [9.17, 15) is 4.79 Å². The quantitative estimate of drug-likeness (QED) is 0.465. The summed E-state index contributed by atoms with van der Waals surface area (Å²) in [4.78, 5) is 14.6. The van der Waals surface area contributed by atoms with Crippen molar-refractivity contribution in [1.82, 2.24) is 4.90 Å². The molecule has 0 saturated carbocycles. The third-order valence-electron chi connectivity index (χ3n) is 4.02. The minimum atomic E-state index is -0.378. The Morgan fingerprint density at radius 1 is 1.15 bits per heavy atom. The molecule has 0 atom stereocenters. The Morgan fingerprint density at radius 2 is 1.85 bits per heavy atom. The summed E-state index contributed by atoms with van der Waals surface area (Å²) in [6, 6.07) is 11.1. The first-order valence-corrected chi connectivity index (χ1v) is 9.47. The van der Waals surface area contributed by atoms with Crippen LogP contribution in [0.5, 0.6) is 11.5 Å². The highest BCUT2D eigenvalue weighted by molar-refractivity contribution is 9.10. The number of ether oxygens (including phenoxy) is 2. The molecular formula is C21H26BrNO3. The molecule has 0 N–H and O–H groups in total. The van der Waals surface area contributed by atoms with E-state index in [-0.39, 0.29) is 11.9 Å². The van der Waals surface area contributed by atoms with Crippen LogP contribution in [0.25, 0.3) is 0 Å². The van der Waals surface area contributed by atoms with Crippen LogP contribution in [-0.4, -0.2) is 38.1 Å². The van der Waals surface area contributed by atoms with Crippen molar-refractivity contribution in [1.29, 1.82) is 0 Å². The van der Waals surface area contributed by atoms with E-state index in [1.165, 1.54) is 0 Å². The number of hydrogen-bond donors (Lipinski definition) is 0. The highest BCUT2D eigenvalue weighted by Crippen LogP contribution is 2.34. The lowest BCUT2D eigenvalue weighted by molar-refractivity contribution is 0.0732. The molecule has 0 fully saturated rings. The summed E-state index contributed by atoms with van der Waals surface area (Å²) in [6.07, 6.45) is 0. The van der Waals surface area contributed by atoms with Crippen LogP contribution in [0.1, 0.15) is 41.3 Å². The van der Waals surface area contributed by atoms with E-state index in [4.69, 9.17) is 9.47 Å². The molecule has 0 aliphatic carbocycles. The summed E-state index contributed by atoms with van der Waals surface area (Å²) < 4.78 is 12.3. The van der Waals surface area contributed by atoms with Crippen LogP contribution in [0, 0.1) is 6.92 Å². The fourth-order valence-corrected chi connectivity index (χ4v) is 2.93. The summed E-state index contributed by atoms with van der Waals surface area (Å²) in [5.41, 5.74) is 2.41. The first-order valence-electron chi connectivity index (χ1n) is 8.68. The summed E-state index contributed by atoms with van der Waals surface area (Å²) in [7, 11) is 4.03. The van der Waals surface area contributed by atoms with Crippen LogP contribution >= 0.6 is 15.9 Å². The van der Waals surface area contributed by atoms with Gasteiger partial charge in [-0.15, -0.1) is 0 Å². The predicted octanol–water partition coefficient (Wildman–Crippen LogP) is 5.04. The Kier molecular flexibility index (Phi) is 7.23. The molecule has 0 aliphatic heterocycles. The molecule has 2 aromatic rings. The molecule has 0 aromatic heterocycles. The Hall–Kier alpha value is -1.85. The van der Waals surface area contributed by atoms with Crippen molar-refractivity contribution in [3.8, 4) is 11.5 Å². The van der Waals surface area contributed by atoms with Crippen molar-refractivity contribution in [2.45, 2.75) is 26.7 Å². The number of aryl methyl sites for hydroxylation is 1. The molecule has 26 heavy (non-hydrogen) atoms. The summed E-state index contributed by atoms with van der Waals surface area (Å²) in [6.45, 7) is 7.58. The minimum Gasteiger partial charge on any atom is -0.492 e. The second-order valence-electron chi connectivity index (χ2n) is 6.83. The van der Waals surface area contributed by atoms with Crippen LogP contribution in [0.3, 0.4) is 0 Å². The van der Waals surface area contributed by atoms with E-state index < -0.39 is 0 Å². The van der Waals surface area contributed by atoms with Crippen molar-refractivity contribution in [3.63, 3.8) is 0 Å². The molecule has 2 aromatic carbocycles. The largest absolute Gasteiger partial charge is 0.492 e. The molecule has 0 radical (unpaired) electrons. The average molecular weight is 420 g/mol. The number of carbonyl (C=O) groups is 1. The summed E-state index contributed by atoms with van der Waals surface area (Å²) in [5, 5.41) is 0. The van der Waals surface area contributed by atoms with Crippen molar-refractivity contribution in [3.05, 3.63) is 57.6 Å². The smallest absolute Gasteiger partial charge is 0.344 e. The van der Waals surface area contributed by atoms with Crippen LogP contribution in [0.15, 0.2) is 40.9 Å². The van der Waals surface area contributed by atoms with Gasteiger partial charge in [-0.05, 0) is 72.7 Å². The SMILES string of the molecule is Cc1cc(OCCN(C)C)c(C(C)C)cc1OC(=O)c1ccccc1Br. The predicted molar refractivity (Wildman–Crippen MR) is 108 cm³/mol. The van der Waals surface area contributed by atoms with Gasteiger partial charge in [0.05, 0.1) is 5.56 Å². The van der Waals surface area contributed by atoms with Gasteiger partial charge in [0.25, 0.3) is 0 Å². The highest BCUT2D eigenvalue weighted by atomic mass is 79.9. The maximum atomic E-state index is 12.5. The Morgan fingerprint density at radius 3 is 2.46 bits per heavy atom. The molecule has 0 saturated heterocycles. The Balaban J connectivity index is 2.25. The Labute approximate surface area is 164 Å². The van der Waals surface area contributed by atoms with Gasteiger partial charge in [0.2, 0.25) is 0 Å². The maximum absolute atomic E-state index is 12.5. The van der Waals surface area contributed by atoms with Gasteiger partial charge in [-0.25, -0.2) is 4.79 Å². The van der Waals surface area contributed by atoms with Gasteiger partial charge in [-0.2, -0.15) is 0 Å². The van der Waals surface area contributed by atoms with Gasteiger partial charge in [-0.3, -0.25) is 0 Å². The minimum absolute atomic E-state index is 0.255. The first-order chi connectivity index (χ1) is 12.3. The monoisotopic (exact) mass is 419 g/mol. The van der Waals surface area contributed by atoms with E-state index in [1.54, 1.807) is 6.07 Å². The average Bonchev–Trinajstić information content (AvgIpc) is 2.56. The van der Waals surface area contributed by atoms with Gasteiger partial charge in [0.15, 0.2) is 0 Å². The number of halogens is 1. The molecule has 140 valence electrons. The number of benzene rings is 2. The number of esters is 1. The van der Waals surface area contributed by atoms with Crippen molar-refractivity contribution in [2.75, 3.05) is 27.2 Å². The van der Waals surface area contributed by atoms with E-state index in [0.29, 0.717) is 17.9 Å². The van der Waals surface area contributed by atoms with Gasteiger partial charge in [-0.1, -0.05) is 26.0 Å². The zero-order valence-corrected chi connectivity index (χ0v) is 17.6. The molecule has 0 bridgehead atoms. The number of hydrogen-bond acceptors (Lipinski definition) is 4. The standard InChI is InChI=1S/C21H26BrNO3/c1-14(2)17-13-19(15(3)12-20(17)25-11-10-23(4)5)26-21(24)16-8-6-7-9-18(16)22/h6-9,12-14H,10-11H2,1-5H3. The van der Waals surface area contributed by atoms with E-state index in [1.807, 2.05) is 51.4 Å². The molecule has 5 heteroatoms. The van der Waals surface area contributed by atoms with Crippen LogP contribution < -0.4 is 9.47 Å². The normalized spacial score (nSPS) is 11.1. The van der Waals surface area contributed by atoms with Crippen LogP contribution in [0.4, 0.5) is 0 Å². The number of rotatable bonds is 7. The third kappa shape index (κ3) is 5.32. The summed E-state index contributed by atoms with van der Waals surface area (Å²) >= 11 is 3.39. The fraction of sp³-hybridized carbons (Fsp3) is 0.381. The Bertz CT molecular complexity index is 772. The maximum Gasteiger partial charge on any atom is 0.344 e. The lowest BCUT2D eigenvalue weighted by Crippen LogP contribution is -2.20. The lowest BCUT2D eigenvalue weighted by Gasteiger charge is -2.18. The topological polar surface area (TPSA) is 38.8 Å². The van der Waals surface area contributed by atoms with Crippen molar-refractivity contribution >= 4 is 21.9 Å². The zero-order valence-electron chi connectivity index (χ0n) is 16.0. The molecule has 0 amide bonds. The highest BCUT2D eigenvalue weighted by Gasteiger charge is 2.17. The van der Waals surface area contributed by atoms with Crippen molar-refractivity contribution < 1.29 is 14.3 Å². The zero-order chi connectivity index (χ0) is 19.3. The molecule has 0 aliphatic rings. The molecule has 0 unspecified atom stereocenters. The van der Waals surface area contributed by atoms with Crippen molar-refractivity contribution in [2.24, 2.45) is 0 Å². The van der Waals surface area contributed by atoms with Gasteiger partial charge in [0, 0.05) is 16.6 Å². The van der Waals surface area contributed by atoms with E-state index in [0.717, 1.165) is 27.9 Å². The fourth-order valence-electron chi connectivity index (χ4n) is 2.48. The molecule has 0 heterocycles. The lowest BCUT2D eigenvalue weighted by atomic mass is 9.99. The molecule has 2 rings (SSSR count). The van der Waals surface area contributed by atoms with E-state index in [2.05, 4.69) is 34.7 Å².